The monoisotopic (exact) mass is 353 g/mol. The van der Waals surface area contributed by atoms with Crippen molar-refractivity contribution in [1.29, 1.82) is 0 Å². The molecular weight excluding hydrogens is 330 g/mol. The van der Waals surface area contributed by atoms with Crippen LogP contribution in [-0.2, 0) is 11.2 Å². The molecule has 1 aliphatic heterocycles. The fourth-order valence-corrected chi connectivity index (χ4v) is 3.13. The summed E-state index contributed by atoms with van der Waals surface area (Å²) < 4.78 is 5.36. The molecule has 136 valence electrons. The van der Waals surface area contributed by atoms with Crippen molar-refractivity contribution in [1.82, 2.24) is 14.8 Å². The Balaban J connectivity index is 1.59. The van der Waals surface area contributed by atoms with E-state index in [1.165, 1.54) is 0 Å². The third kappa shape index (κ3) is 4.02. The van der Waals surface area contributed by atoms with Crippen LogP contribution in [0.1, 0.15) is 21.6 Å². The molecule has 3 rings (SSSR count). The molecule has 6 heteroatoms. The van der Waals surface area contributed by atoms with E-state index in [-0.39, 0.29) is 11.8 Å². The number of piperazine rings is 1. The summed E-state index contributed by atoms with van der Waals surface area (Å²) in [4.78, 5) is 32.7. The summed E-state index contributed by atoms with van der Waals surface area (Å²) in [5.74, 6) is 0.699. The van der Waals surface area contributed by atoms with Gasteiger partial charge < -0.3 is 14.5 Å². The molecule has 1 fully saturated rings. The average molecular weight is 353 g/mol. The number of rotatable bonds is 4. The molecule has 0 N–H and O–H groups in total. The van der Waals surface area contributed by atoms with Crippen LogP contribution in [0.3, 0.4) is 0 Å². The van der Waals surface area contributed by atoms with E-state index in [0.717, 1.165) is 16.9 Å². The molecular formula is C20H23N3O3. The normalized spacial score (nSPS) is 14.2. The first-order valence-electron chi connectivity index (χ1n) is 8.70. The highest BCUT2D eigenvalue weighted by molar-refractivity contribution is 5.92. The van der Waals surface area contributed by atoms with Crippen LogP contribution in [0, 0.1) is 6.92 Å². The minimum Gasteiger partial charge on any atom is -0.496 e. The molecule has 2 amide bonds. The summed E-state index contributed by atoms with van der Waals surface area (Å²) in [6.45, 7) is 4.10. The number of methoxy groups -OCH3 is 1. The smallest absolute Gasteiger partial charge is 0.272 e. The molecule has 2 aromatic rings. The first kappa shape index (κ1) is 17.9. The van der Waals surface area contributed by atoms with Crippen molar-refractivity contribution in [2.45, 2.75) is 13.3 Å². The molecule has 6 nitrogen and oxygen atoms in total. The lowest BCUT2D eigenvalue weighted by Crippen LogP contribution is -2.51. The predicted molar refractivity (Wildman–Crippen MR) is 98.2 cm³/mol. The summed E-state index contributed by atoms with van der Waals surface area (Å²) in [5, 5.41) is 0. The molecule has 1 aromatic heterocycles. The van der Waals surface area contributed by atoms with E-state index >= 15 is 0 Å². The highest BCUT2D eigenvalue weighted by Gasteiger charge is 2.25. The van der Waals surface area contributed by atoms with Crippen molar-refractivity contribution in [2.24, 2.45) is 0 Å². The molecule has 2 heterocycles. The summed E-state index contributed by atoms with van der Waals surface area (Å²) in [6.07, 6.45) is 1.92. The summed E-state index contributed by atoms with van der Waals surface area (Å²) in [5.41, 5.74) is 2.43. The van der Waals surface area contributed by atoms with Gasteiger partial charge in [0.05, 0.1) is 13.5 Å². The number of carbonyl (C=O) groups excluding carboxylic acids is 2. The van der Waals surface area contributed by atoms with E-state index in [1.54, 1.807) is 36.4 Å². The van der Waals surface area contributed by atoms with Crippen molar-refractivity contribution in [3.8, 4) is 5.75 Å². The number of nitrogens with zero attached hydrogens (tertiary/aromatic N) is 3. The Kier molecular flexibility index (Phi) is 5.51. The second-order valence-corrected chi connectivity index (χ2v) is 6.38. The van der Waals surface area contributed by atoms with Gasteiger partial charge in [0.15, 0.2) is 0 Å². The molecule has 1 saturated heterocycles. The molecule has 0 bridgehead atoms. The quantitative estimate of drug-likeness (QED) is 0.843. The van der Waals surface area contributed by atoms with Gasteiger partial charge in [0, 0.05) is 37.9 Å². The fourth-order valence-electron chi connectivity index (χ4n) is 3.13. The van der Waals surface area contributed by atoms with Crippen LogP contribution in [0.15, 0.2) is 42.6 Å². The van der Waals surface area contributed by atoms with Gasteiger partial charge in [0.25, 0.3) is 5.91 Å². The van der Waals surface area contributed by atoms with Gasteiger partial charge in [-0.05, 0) is 25.1 Å². The highest BCUT2D eigenvalue weighted by atomic mass is 16.5. The Morgan fingerprint density at radius 1 is 1.08 bits per heavy atom. The number of ether oxygens (including phenoxy) is 1. The molecule has 0 aliphatic carbocycles. The van der Waals surface area contributed by atoms with Crippen LogP contribution in [0.2, 0.25) is 0 Å². The van der Waals surface area contributed by atoms with E-state index in [1.807, 2.05) is 30.0 Å². The second kappa shape index (κ2) is 7.99. The lowest BCUT2D eigenvalue weighted by atomic mass is 10.1. The fraction of sp³-hybridized carbons (Fsp3) is 0.350. The Labute approximate surface area is 153 Å². The summed E-state index contributed by atoms with van der Waals surface area (Å²) >= 11 is 0. The maximum Gasteiger partial charge on any atom is 0.272 e. The van der Waals surface area contributed by atoms with Gasteiger partial charge in [0.2, 0.25) is 5.91 Å². The van der Waals surface area contributed by atoms with E-state index in [9.17, 15) is 9.59 Å². The van der Waals surface area contributed by atoms with Crippen LogP contribution >= 0.6 is 0 Å². The van der Waals surface area contributed by atoms with E-state index < -0.39 is 0 Å². The number of hydrogen-bond acceptors (Lipinski definition) is 4. The van der Waals surface area contributed by atoms with Gasteiger partial charge in [0.1, 0.15) is 11.4 Å². The molecule has 0 spiro atoms. The number of hydrogen-bond donors (Lipinski definition) is 0. The van der Waals surface area contributed by atoms with E-state index in [0.29, 0.717) is 38.3 Å². The number of aromatic nitrogens is 1. The van der Waals surface area contributed by atoms with Crippen LogP contribution in [0.4, 0.5) is 0 Å². The first-order valence-corrected chi connectivity index (χ1v) is 8.70. The molecule has 0 atom stereocenters. The third-order valence-electron chi connectivity index (χ3n) is 4.58. The van der Waals surface area contributed by atoms with Crippen LogP contribution < -0.4 is 4.74 Å². The van der Waals surface area contributed by atoms with Crippen molar-refractivity contribution in [2.75, 3.05) is 33.3 Å². The van der Waals surface area contributed by atoms with Crippen molar-refractivity contribution >= 4 is 11.8 Å². The summed E-state index contributed by atoms with van der Waals surface area (Å²) in [7, 11) is 1.61. The van der Waals surface area contributed by atoms with E-state index in [2.05, 4.69) is 4.98 Å². The zero-order valence-electron chi connectivity index (χ0n) is 15.1. The number of pyridine rings is 1. The molecule has 0 unspecified atom stereocenters. The zero-order chi connectivity index (χ0) is 18.5. The largest absolute Gasteiger partial charge is 0.496 e. The Bertz CT molecular complexity index is 784. The standard InChI is InChI=1S/C20H23N3O3/c1-15-6-7-18(26-2)16(13-15)14-19(24)22-9-11-23(12-10-22)20(25)17-5-3-4-8-21-17/h3-8,13H,9-12,14H2,1-2H3. The van der Waals surface area contributed by atoms with Gasteiger partial charge in [-0.1, -0.05) is 23.8 Å². The lowest BCUT2D eigenvalue weighted by molar-refractivity contribution is -0.131. The molecule has 26 heavy (non-hydrogen) atoms. The minimum atomic E-state index is -0.0851. The van der Waals surface area contributed by atoms with E-state index in [4.69, 9.17) is 4.74 Å². The third-order valence-corrected chi connectivity index (χ3v) is 4.58. The van der Waals surface area contributed by atoms with Gasteiger partial charge in [-0.25, -0.2) is 0 Å². The Hall–Kier alpha value is -2.89. The van der Waals surface area contributed by atoms with Crippen LogP contribution in [-0.4, -0.2) is 59.9 Å². The number of amides is 2. The molecule has 0 saturated carbocycles. The lowest BCUT2D eigenvalue weighted by Gasteiger charge is -2.34. The molecule has 0 radical (unpaired) electrons. The Morgan fingerprint density at radius 3 is 2.46 bits per heavy atom. The summed E-state index contributed by atoms with van der Waals surface area (Å²) in [6, 6.07) is 11.1. The first-order chi connectivity index (χ1) is 12.6. The molecule has 1 aliphatic rings. The maximum absolute atomic E-state index is 12.6. The Morgan fingerprint density at radius 2 is 1.81 bits per heavy atom. The SMILES string of the molecule is COc1ccc(C)cc1CC(=O)N1CCN(C(=O)c2ccccn2)CC1. The van der Waals surface area contributed by atoms with Gasteiger partial charge >= 0.3 is 0 Å². The number of benzene rings is 1. The number of carbonyl (C=O) groups is 2. The topological polar surface area (TPSA) is 62.7 Å². The van der Waals surface area contributed by atoms with Crippen molar-refractivity contribution in [3.63, 3.8) is 0 Å². The van der Waals surface area contributed by atoms with Crippen LogP contribution in [0.25, 0.3) is 0 Å². The average Bonchev–Trinajstić information content (AvgIpc) is 2.68. The van der Waals surface area contributed by atoms with Crippen LogP contribution in [0.5, 0.6) is 5.75 Å². The molecule has 1 aromatic carbocycles. The second-order valence-electron chi connectivity index (χ2n) is 6.38. The van der Waals surface area contributed by atoms with Crippen molar-refractivity contribution < 1.29 is 14.3 Å². The van der Waals surface area contributed by atoms with Gasteiger partial charge in [-0.2, -0.15) is 0 Å². The predicted octanol–water partition coefficient (Wildman–Crippen LogP) is 1.93. The minimum absolute atomic E-state index is 0.0545. The highest BCUT2D eigenvalue weighted by Crippen LogP contribution is 2.21. The zero-order valence-corrected chi connectivity index (χ0v) is 15.1. The maximum atomic E-state index is 12.6. The van der Waals surface area contributed by atoms with Gasteiger partial charge in [-0.3, -0.25) is 14.6 Å². The number of aryl methyl sites for hydroxylation is 1. The van der Waals surface area contributed by atoms with Crippen molar-refractivity contribution in [3.05, 3.63) is 59.4 Å². The van der Waals surface area contributed by atoms with Gasteiger partial charge in [-0.15, -0.1) is 0 Å².